The predicted octanol–water partition coefficient (Wildman–Crippen LogP) is 8.32. The number of aromatic nitrogens is 5. The monoisotopic (exact) mass is 566 g/mol. The zero-order chi connectivity index (χ0) is 29.0. The van der Waals surface area contributed by atoms with Crippen molar-refractivity contribution in [2.75, 3.05) is 0 Å². The van der Waals surface area contributed by atoms with E-state index in [1.54, 1.807) is 0 Å². The van der Waals surface area contributed by atoms with Crippen LogP contribution in [0.3, 0.4) is 0 Å². The summed E-state index contributed by atoms with van der Waals surface area (Å²) in [6.07, 6.45) is 7.97. The Hall–Kier alpha value is -6.01. The zero-order valence-electron chi connectivity index (χ0n) is 23.7. The second-order valence-corrected chi connectivity index (χ2v) is 11.0. The first-order valence-electron chi connectivity index (χ1n) is 14.7. The Kier molecular flexibility index (Phi) is 5.46. The number of para-hydroxylation sites is 2. The number of hydrogen-bond donors (Lipinski definition) is 1. The van der Waals surface area contributed by atoms with Crippen molar-refractivity contribution in [1.82, 2.24) is 29.4 Å². The second kappa shape index (κ2) is 9.78. The fourth-order valence-electron chi connectivity index (χ4n) is 6.57. The summed E-state index contributed by atoms with van der Waals surface area (Å²) < 4.78 is 4.54. The minimum absolute atomic E-state index is 0.749. The Bertz CT molecular complexity index is 2360. The molecule has 9 rings (SSSR count). The smallest absolute Gasteiger partial charge is 0.138 e. The Morgan fingerprint density at radius 1 is 0.591 bits per heavy atom. The van der Waals surface area contributed by atoms with Crippen molar-refractivity contribution < 1.29 is 0 Å². The van der Waals surface area contributed by atoms with Crippen LogP contribution in [0.1, 0.15) is 11.3 Å². The molecule has 0 fully saturated rings. The maximum Gasteiger partial charge on any atom is 0.138 e. The van der Waals surface area contributed by atoms with Crippen molar-refractivity contribution in [3.05, 3.63) is 145 Å². The van der Waals surface area contributed by atoms with E-state index in [4.69, 9.17) is 9.97 Å². The molecular formula is C38H26N6. The molecule has 6 heterocycles. The van der Waals surface area contributed by atoms with Crippen LogP contribution >= 0.6 is 0 Å². The number of hydrogen-bond acceptors (Lipinski definition) is 4. The van der Waals surface area contributed by atoms with Crippen LogP contribution in [0.25, 0.3) is 72.9 Å². The molecule has 0 radical (unpaired) electrons. The molecule has 0 aliphatic carbocycles. The quantitative estimate of drug-likeness (QED) is 0.233. The van der Waals surface area contributed by atoms with E-state index < -0.39 is 0 Å². The van der Waals surface area contributed by atoms with E-state index in [-0.39, 0.29) is 0 Å². The zero-order valence-corrected chi connectivity index (χ0v) is 23.7. The molecule has 1 aliphatic heterocycles. The van der Waals surface area contributed by atoms with Gasteiger partial charge in [-0.1, -0.05) is 60.7 Å². The molecule has 0 spiro atoms. The highest BCUT2D eigenvalue weighted by Gasteiger charge is 2.19. The summed E-state index contributed by atoms with van der Waals surface area (Å²) in [5, 5.41) is 7.00. The molecule has 6 heteroatoms. The van der Waals surface area contributed by atoms with Crippen LogP contribution in [-0.4, -0.2) is 24.1 Å². The normalized spacial score (nSPS) is 12.5. The molecule has 0 amide bonds. The molecule has 0 bridgehead atoms. The van der Waals surface area contributed by atoms with Crippen LogP contribution in [-0.2, 0) is 6.54 Å². The first-order valence-corrected chi connectivity index (χ1v) is 14.7. The molecule has 8 aromatic rings. The van der Waals surface area contributed by atoms with E-state index in [0.29, 0.717) is 0 Å². The standard InChI is InChI=1S/C38H26N6/c1-3-15-34-27(10-1)29-18-20-39-23-36(29)43(34)26-9-5-8-25(22-26)31-12-6-13-32(41-31)33-14-7-17-38(42-33)44-35-16-4-2-11-28(35)30-19-21-40-24-37(30)44/h1-23,40H,24H2. The fraction of sp³-hybridized carbons (Fsp3) is 0.0263. The van der Waals surface area contributed by atoms with Crippen LogP contribution in [0.5, 0.6) is 0 Å². The molecule has 0 atom stereocenters. The van der Waals surface area contributed by atoms with Gasteiger partial charge in [0.1, 0.15) is 5.82 Å². The van der Waals surface area contributed by atoms with Gasteiger partial charge in [-0.05, 0) is 66.9 Å². The van der Waals surface area contributed by atoms with Crippen LogP contribution < -0.4 is 5.32 Å². The fourth-order valence-corrected chi connectivity index (χ4v) is 6.57. The summed E-state index contributed by atoms with van der Waals surface area (Å²) >= 11 is 0. The van der Waals surface area contributed by atoms with Crippen molar-refractivity contribution in [2.45, 2.75) is 6.54 Å². The highest BCUT2D eigenvalue weighted by atomic mass is 15.1. The Morgan fingerprint density at radius 3 is 2.23 bits per heavy atom. The molecular weight excluding hydrogens is 540 g/mol. The Morgan fingerprint density at radius 2 is 1.32 bits per heavy atom. The van der Waals surface area contributed by atoms with E-state index >= 15 is 0 Å². The predicted molar refractivity (Wildman–Crippen MR) is 178 cm³/mol. The lowest BCUT2D eigenvalue weighted by Gasteiger charge is -2.14. The van der Waals surface area contributed by atoms with Gasteiger partial charge in [-0.25, -0.2) is 9.97 Å². The van der Waals surface area contributed by atoms with Gasteiger partial charge in [-0.3, -0.25) is 9.55 Å². The molecule has 5 aromatic heterocycles. The second-order valence-electron chi connectivity index (χ2n) is 11.0. The van der Waals surface area contributed by atoms with Crippen molar-refractivity contribution in [3.8, 4) is 34.2 Å². The first-order chi connectivity index (χ1) is 21.8. The number of pyridine rings is 3. The SMILES string of the molecule is C1=Cc2c(n(-c3cccc(-c4cccc(-c5cccc(-n6c7ccccc7c7ccncc76)c5)n4)n3)c3ccccc23)CN1. The van der Waals surface area contributed by atoms with E-state index in [9.17, 15) is 0 Å². The molecule has 1 N–H and O–H groups in total. The van der Waals surface area contributed by atoms with Crippen molar-refractivity contribution in [3.63, 3.8) is 0 Å². The Balaban J connectivity index is 1.14. The molecule has 3 aromatic carbocycles. The molecule has 44 heavy (non-hydrogen) atoms. The summed E-state index contributed by atoms with van der Waals surface area (Å²) in [5.74, 6) is 0.881. The minimum atomic E-state index is 0.749. The van der Waals surface area contributed by atoms with E-state index in [2.05, 4.69) is 129 Å². The molecule has 1 aliphatic rings. The molecule has 6 nitrogen and oxygen atoms in total. The van der Waals surface area contributed by atoms with Gasteiger partial charge in [0.25, 0.3) is 0 Å². The number of fused-ring (bicyclic) bond motifs is 6. The van der Waals surface area contributed by atoms with Gasteiger partial charge >= 0.3 is 0 Å². The topological polar surface area (TPSA) is 60.6 Å². The van der Waals surface area contributed by atoms with Gasteiger partial charge in [0, 0.05) is 39.2 Å². The molecule has 0 unspecified atom stereocenters. The van der Waals surface area contributed by atoms with Crippen LogP contribution in [0.15, 0.2) is 134 Å². The van der Waals surface area contributed by atoms with Crippen molar-refractivity contribution in [2.24, 2.45) is 0 Å². The summed E-state index contributed by atoms with van der Waals surface area (Å²) in [6, 6.07) is 40.0. The highest BCUT2D eigenvalue weighted by molar-refractivity contribution is 6.09. The maximum atomic E-state index is 5.14. The third-order valence-corrected chi connectivity index (χ3v) is 8.50. The average molecular weight is 567 g/mol. The lowest BCUT2D eigenvalue weighted by Crippen LogP contribution is -2.14. The van der Waals surface area contributed by atoms with Gasteiger partial charge < -0.3 is 9.88 Å². The first kappa shape index (κ1) is 24.6. The summed E-state index contributed by atoms with van der Waals surface area (Å²) in [4.78, 5) is 14.7. The lowest BCUT2D eigenvalue weighted by molar-refractivity contribution is 0.795. The van der Waals surface area contributed by atoms with Crippen LogP contribution in [0.2, 0.25) is 0 Å². The van der Waals surface area contributed by atoms with Crippen molar-refractivity contribution >= 4 is 38.8 Å². The van der Waals surface area contributed by atoms with E-state index in [1.807, 2.05) is 30.7 Å². The Labute approximate surface area is 253 Å². The maximum absolute atomic E-state index is 5.14. The van der Waals surface area contributed by atoms with Gasteiger partial charge in [0.05, 0.1) is 52.1 Å². The van der Waals surface area contributed by atoms with Gasteiger partial charge in [-0.2, -0.15) is 0 Å². The van der Waals surface area contributed by atoms with E-state index in [1.165, 1.54) is 27.4 Å². The molecule has 208 valence electrons. The van der Waals surface area contributed by atoms with Gasteiger partial charge in [-0.15, -0.1) is 0 Å². The van der Waals surface area contributed by atoms with Crippen LogP contribution in [0, 0.1) is 0 Å². The molecule has 0 saturated carbocycles. The summed E-state index contributed by atoms with van der Waals surface area (Å²) in [7, 11) is 0. The largest absolute Gasteiger partial charge is 0.385 e. The lowest BCUT2D eigenvalue weighted by atomic mass is 10.1. The number of rotatable bonds is 4. The number of benzene rings is 3. The summed E-state index contributed by atoms with van der Waals surface area (Å²) in [5.41, 5.74) is 10.5. The van der Waals surface area contributed by atoms with Gasteiger partial charge in [0.2, 0.25) is 0 Å². The minimum Gasteiger partial charge on any atom is -0.385 e. The summed E-state index contributed by atoms with van der Waals surface area (Å²) in [6.45, 7) is 0.749. The van der Waals surface area contributed by atoms with Crippen molar-refractivity contribution in [1.29, 1.82) is 0 Å². The third kappa shape index (κ3) is 3.78. The van der Waals surface area contributed by atoms with E-state index in [0.717, 1.165) is 57.2 Å². The highest BCUT2D eigenvalue weighted by Crippen LogP contribution is 2.34. The van der Waals surface area contributed by atoms with Gasteiger partial charge in [0.15, 0.2) is 0 Å². The number of nitrogens with one attached hydrogen (secondary N) is 1. The third-order valence-electron chi connectivity index (χ3n) is 8.50. The van der Waals surface area contributed by atoms with Crippen LogP contribution in [0.4, 0.5) is 0 Å². The average Bonchev–Trinajstić information content (AvgIpc) is 3.62. The number of nitrogens with zero attached hydrogens (tertiary/aromatic N) is 5. The molecule has 0 saturated heterocycles.